The second-order valence-electron chi connectivity index (χ2n) is 11.8. The van der Waals surface area contributed by atoms with Gasteiger partial charge in [-0.25, -0.2) is 0 Å². The second-order valence-corrected chi connectivity index (χ2v) is 11.8. The molecular weight excluding hydrogens is 633 g/mol. The number of halogens is 3. The number of fused-ring (bicyclic) bond motifs is 6. The number of benzene rings is 6. The Morgan fingerprint density at radius 3 is 1.46 bits per heavy atom. The molecule has 9 heteroatoms. The standard InChI is InChI=1S/C41H19F3N6/c42-41(43,44)29-14-26(22-47)13-27(17-29)34-19-40(50-36-8-4-2-6-31(36)33-12-10-25(21-46)16-38(33)50)39(18-28(34)23-48)49-35-7-3-1-5-30(35)32-11-9-24(20-45)15-37(32)49/h1-19H. The van der Waals surface area contributed by atoms with Gasteiger partial charge in [0, 0.05) is 27.1 Å². The minimum absolute atomic E-state index is 0.0493. The van der Waals surface area contributed by atoms with E-state index < -0.39 is 11.7 Å². The summed E-state index contributed by atoms with van der Waals surface area (Å²) in [7, 11) is 0. The Balaban J connectivity index is 1.59. The van der Waals surface area contributed by atoms with Crippen LogP contribution in [0.5, 0.6) is 0 Å². The van der Waals surface area contributed by atoms with Crippen molar-refractivity contribution in [3.05, 3.63) is 143 Å². The van der Waals surface area contributed by atoms with Crippen LogP contribution in [0.3, 0.4) is 0 Å². The average Bonchev–Trinajstić information content (AvgIpc) is 3.65. The monoisotopic (exact) mass is 652 g/mol. The summed E-state index contributed by atoms with van der Waals surface area (Å²) in [5, 5.41) is 43.5. The van der Waals surface area contributed by atoms with Crippen LogP contribution in [0.15, 0.2) is 115 Å². The van der Waals surface area contributed by atoms with Gasteiger partial charge < -0.3 is 9.13 Å². The van der Waals surface area contributed by atoms with Crippen molar-refractivity contribution in [1.82, 2.24) is 9.13 Å². The van der Waals surface area contributed by atoms with Gasteiger partial charge >= 0.3 is 6.18 Å². The van der Waals surface area contributed by atoms with E-state index in [0.29, 0.717) is 33.5 Å². The number of rotatable bonds is 3. The molecule has 2 aromatic heterocycles. The van der Waals surface area contributed by atoms with Crippen molar-refractivity contribution in [1.29, 1.82) is 21.0 Å². The molecule has 0 fully saturated rings. The van der Waals surface area contributed by atoms with Crippen molar-refractivity contribution in [3.63, 3.8) is 0 Å². The van der Waals surface area contributed by atoms with Crippen molar-refractivity contribution >= 4 is 43.6 Å². The third kappa shape index (κ3) is 4.54. The van der Waals surface area contributed by atoms with Gasteiger partial charge in [0.05, 0.1) is 85.5 Å². The topological polar surface area (TPSA) is 105 Å². The highest BCUT2D eigenvalue weighted by atomic mass is 19.4. The Labute approximate surface area is 282 Å². The average molecular weight is 653 g/mol. The van der Waals surface area contributed by atoms with Gasteiger partial charge in [0.1, 0.15) is 0 Å². The van der Waals surface area contributed by atoms with E-state index in [9.17, 15) is 34.2 Å². The molecule has 0 amide bonds. The third-order valence-electron chi connectivity index (χ3n) is 9.02. The molecule has 6 nitrogen and oxygen atoms in total. The first kappa shape index (κ1) is 30.0. The van der Waals surface area contributed by atoms with Crippen LogP contribution < -0.4 is 0 Å². The normalized spacial score (nSPS) is 11.4. The van der Waals surface area contributed by atoms with Gasteiger partial charge in [-0.1, -0.05) is 48.5 Å². The number of nitriles is 4. The van der Waals surface area contributed by atoms with Crippen molar-refractivity contribution in [2.24, 2.45) is 0 Å². The van der Waals surface area contributed by atoms with Gasteiger partial charge in [-0.05, 0) is 72.3 Å². The van der Waals surface area contributed by atoms with Crippen molar-refractivity contribution < 1.29 is 13.2 Å². The van der Waals surface area contributed by atoms with E-state index in [-0.39, 0.29) is 22.3 Å². The molecule has 0 saturated heterocycles. The SMILES string of the molecule is N#Cc1cc(-c2cc(-n3c4ccccc4c4ccc(C#N)cc43)c(-n3c4ccccc4c4ccc(C#N)cc43)cc2C#N)cc(C(F)(F)F)c1. The Kier molecular flexibility index (Phi) is 6.69. The van der Waals surface area contributed by atoms with Crippen molar-refractivity contribution in [3.8, 4) is 46.8 Å². The highest BCUT2D eigenvalue weighted by molar-refractivity contribution is 6.12. The molecule has 0 N–H and O–H groups in total. The molecule has 0 aliphatic carbocycles. The number of hydrogen-bond acceptors (Lipinski definition) is 4. The predicted octanol–water partition coefficient (Wildman–Crippen LogP) is 10.1. The van der Waals surface area contributed by atoms with E-state index in [1.807, 2.05) is 75.9 Å². The summed E-state index contributed by atoms with van der Waals surface area (Å²) in [5.41, 5.74) is 3.84. The highest BCUT2D eigenvalue weighted by Crippen LogP contribution is 2.42. The van der Waals surface area contributed by atoms with Crippen LogP contribution in [-0.4, -0.2) is 9.13 Å². The fourth-order valence-corrected chi connectivity index (χ4v) is 6.88. The molecule has 8 aromatic rings. The van der Waals surface area contributed by atoms with Crippen molar-refractivity contribution in [2.75, 3.05) is 0 Å². The minimum Gasteiger partial charge on any atom is -0.307 e. The quantitative estimate of drug-likeness (QED) is 0.189. The molecule has 234 valence electrons. The molecular formula is C41H19F3N6. The molecule has 50 heavy (non-hydrogen) atoms. The van der Waals surface area contributed by atoms with Gasteiger partial charge in [0.2, 0.25) is 0 Å². The zero-order valence-electron chi connectivity index (χ0n) is 25.8. The molecule has 0 radical (unpaired) electrons. The minimum atomic E-state index is -4.74. The van der Waals surface area contributed by atoms with Gasteiger partial charge in [-0.15, -0.1) is 0 Å². The Bertz CT molecular complexity index is 2920. The summed E-state index contributed by atoms with van der Waals surface area (Å²) in [5.74, 6) is 0. The first-order valence-corrected chi connectivity index (χ1v) is 15.3. The van der Waals surface area contributed by atoms with E-state index in [2.05, 4.69) is 18.2 Å². The number of hydrogen-bond donors (Lipinski definition) is 0. The summed E-state index contributed by atoms with van der Waals surface area (Å²) < 4.78 is 46.1. The number of para-hydroxylation sites is 2. The first-order valence-electron chi connectivity index (χ1n) is 15.3. The zero-order chi connectivity index (χ0) is 34.7. The zero-order valence-corrected chi connectivity index (χ0v) is 25.8. The molecule has 6 aromatic carbocycles. The summed E-state index contributed by atoms with van der Waals surface area (Å²) in [4.78, 5) is 0. The molecule has 0 bridgehead atoms. The first-order chi connectivity index (χ1) is 24.2. The summed E-state index contributed by atoms with van der Waals surface area (Å²) >= 11 is 0. The molecule has 0 unspecified atom stereocenters. The maximum absolute atomic E-state index is 14.1. The molecule has 0 atom stereocenters. The van der Waals surface area contributed by atoms with E-state index in [1.54, 1.807) is 36.4 Å². The smallest absolute Gasteiger partial charge is 0.307 e. The lowest BCUT2D eigenvalue weighted by Gasteiger charge is -2.20. The largest absolute Gasteiger partial charge is 0.416 e. The fourth-order valence-electron chi connectivity index (χ4n) is 6.88. The fraction of sp³-hybridized carbons (Fsp3) is 0.0244. The van der Waals surface area contributed by atoms with E-state index in [1.165, 1.54) is 6.07 Å². The van der Waals surface area contributed by atoms with E-state index in [4.69, 9.17) is 0 Å². The van der Waals surface area contributed by atoms with E-state index in [0.717, 1.165) is 44.7 Å². The van der Waals surface area contributed by atoms with Gasteiger partial charge in [-0.2, -0.15) is 34.2 Å². The highest BCUT2D eigenvalue weighted by Gasteiger charge is 2.32. The lowest BCUT2D eigenvalue weighted by Crippen LogP contribution is -2.07. The second kappa shape index (κ2) is 11.1. The van der Waals surface area contributed by atoms with Crippen molar-refractivity contribution in [2.45, 2.75) is 6.18 Å². The van der Waals surface area contributed by atoms with Crippen LogP contribution in [0.1, 0.15) is 27.8 Å². The maximum Gasteiger partial charge on any atom is 0.416 e. The molecule has 0 aliphatic rings. The maximum atomic E-state index is 14.1. The molecule has 8 rings (SSSR count). The summed E-state index contributed by atoms with van der Waals surface area (Å²) in [6.45, 7) is 0. The van der Waals surface area contributed by atoms with Gasteiger partial charge in [0.15, 0.2) is 0 Å². The van der Waals surface area contributed by atoms with Crippen LogP contribution in [0.25, 0.3) is 66.1 Å². The molecule has 0 aliphatic heterocycles. The predicted molar refractivity (Wildman–Crippen MR) is 184 cm³/mol. The number of nitrogens with zero attached hydrogens (tertiary/aromatic N) is 6. The van der Waals surface area contributed by atoms with Crippen LogP contribution in [0.2, 0.25) is 0 Å². The van der Waals surface area contributed by atoms with Crippen LogP contribution >= 0.6 is 0 Å². The Hall–Kier alpha value is -7.33. The van der Waals surface area contributed by atoms with Gasteiger partial charge in [0.25, 0.3) is 0 Å². The molecule has 0 spiro atoms. The van der Waals surface area contributed by atoms with Crippen LogP contribution in [0, 0.1) is 45.3 Å². The molecule has 2 heterocycles. The van der Waals surface area contributed by atoms with Gasteiger partial charge in [-0.3, -0.25) is 0 Å². The Morgan fingerprint density at radius 1 is 0.460 bits per heavy atom. The number of alkyl halides is 3. The molecule has 0 saturated carbocycles. The summed E-state index contributed by atoms with van der Waals surface area (Å²) in [6, 6.07) is 40.9. The lowest BCUT2D eigenvalue weighted by molar-refractivity contribution is -0.137. The lowest BCUT2D eigenvalue weighted by atomic mass is 9.95. The Morgan fingerprint density at radius 2 is 0.960 bits per heavy atom. The van der Waals surface area contributed by atoms with Crippen LogP contribution in [0.4, 0.5) is 13.2 Å². The number of aromatic nitrogens is 2. The third-order valence-corrected chi connectivity index (χ3v) is 9.02. The van der Waals surface area contributed by atoms with Crippen LogP contribution in [-0.2, 0) is 6.18 Å². The summed E-state index contributed by atoms with van der Waals surface area (Å²) in [6.07, 6.45) is -4.74. The van der Waals surface area contributed by atoms with E-state index >= 15 is 0 Å².